The summed E-state index contributed by atoms with van der Waals surface area (Å²) in [4.78, 5) is 0. The van der Waals surface area contributed by atoms with Crippen LogP contribution in [0.25, 0.3) is 110 Å². The normalized spacial score (nSPS) is 13.9. The molecule has 0 aliphatic carbocycles. The van der Waals surface area contributed by atoms with Crippen LogP contribution < -0.4 is 0 Å². The van der Waals surface area contributed by atoms with Crippen molar-refractivity contribution in [2.75, 3.05) is 0 Å². The van der Waals surface area contributed by atoms with E-state index in [9.17, 15) is 5.48 Å². The molecule has 0 fully saturated rings. The lowest BCUT2D eigenvalue weighted by molar-refractivity contribution is 0.673. The Bertz CT molecular complexity index is 3610. The van der Waals surface area contributed by atoms with Crippen molar-refractivity contribution in [3.63, 3.8) is 0 Å². The first-order valence-electron chi connectivity index (χ1n) is 21.6. The maximum Gasteiger partial charge on any atom is 0.143 e. The van der Waals surface area contributed by atoms with Crippen LogP contribution >= 0.6 is 0 Å². The third-order valence-electron chi connectivity index (χ3n) is 10.5. The summed E-state index contributed by atoms with van der Waals surface area (Å²) in [5, 5.41) is 6.29. The SMILES string of the molecule is [2H]c1c([2H])c([2H])c2c(-c3ccc(-c4ccccc4)c4ccccc34)c3c([2H])c([2H])c([2H])c([2H])c3c(-c3cccc(-c4cccc5oc6c7ccccc7ccc6c45)c3)c2c1[2H]. The Balaban J connectivity index is 1.28. The van der Waals surface area contributed by atoms with E-state index in [0.717, 1.165) is 60.2 Å². The van der Waals surface area contributed by atoms with E-state index in [2.05, 4.69) is 18.2 Å². The molecular formula is C52H32O. The minimum absolute atomic E-state index is 0.172. The summed E-state index contributed by atoms with van der Waals surface area (Å²) in [7, 11) is 0. The second-order valence-corrected chi connectivity index (χ2v) is 13.3. The van der Waals surface area contributed by atoms with Gasteiger partial charge in [0.15, 0.2) is 0 Å². The van der Waals surface area contributed by atoms with Gasteiger partial charge >= 0.3 is 0 Å². The molecule has 0 saturated heterocycles. The molecule has 0 aliphatic heterocycles. The van der Waals surface area contributed by atoms with Crippen LogP contribution in [0.15, 0.2) is 198 Å². The molecule has 1 aromatic heterocycles. The molecule has 11 rings (SSSR count). The molecule has 1 heterocycles. The van der Waals surface area contributed by atoms with Gasteiger partial charge < -0.3 is 4.42 Å². The molecule has 0 amide bonds. The predicted molar refractivity (Wildman–Crippen MR) is 225 cm³/mol. The Morgan fingerprint density at radius 3 is 1.70 bits per heavy atom. The quantitative estimate of drug-likeness (QED) is 0.169. The average Bonchev–Trinajstić information content (AvgIpc) is 3.70. The van der Waals surface area contributed by atoms with Gasteiger partial charge in [0.05, 0.1) is 11.0 Å². The molecule has 0 radical (unpaired) electrons. The molecule has 246 valence electrons. The summed E-state index contributed by atoms with van der Waals surface area (Å²) in [6.07, 6.45) is 0. The van der Waals surface area contributed by atoms with E-state index in [1.807, 2.05) is 127 Å². The number of furan rings is 1. The van der Waals surface area contributed by atoms with Crippen LogP contribution in [0.1, 0.15) is 11.0 Å². The van der Waals surface area contributed by atoms with E-state index in [0.29, 0.717) is 27.8 Å². The molecule has 0 spiro atoms. The molecule has 0 saturated carbocycles. The zero-order valence-electron chi connectivity index (χ0n) is 36.3. The average molecular weight is 681 g/mol. The molecule has 11 aromatic rings. The van der Waals surface area contributed by atoms with Crippen LogP contribution in [0.4, 0.5) is 0 Å². The molecule has 1 heteroatoms. The monoisotopic (exact) mass is 680 g/mol. The number of benzene rings is 10. The first-order valence-corrected chi connectivity index (χ1v) is 17.6. The lowest BCUT2D eigenvalue weighted by atomic mass is 9.83. The van der Waals surface area contributed by atoms with Crippen molar-refractivity contribution < 1.29 is 15.4 Å². The van der Waals surface area contributed by atoms with Gasteiger partial charge in [0, 0.05) is 16.2 Å². The van der Waals surface area contributed by atoms with Gasteiger partial charge in [0.2, 0.25) is 0 Å². The van der Waals surface area contributed by atoms with Crippen molar-refractivity contribution in [2.45, 2.75) is 0 Å². The van der Waals surface area contributed by atoms with Gasteiger partial charge in [-0.05, 0) is 100 Å². The summed E-state index contributed by atoms with van der Waals surface area (Å²) in [6.45, 7) is 0. The molecule has 0 unspecified atom stereocenters. The van der Waals surface area contributed by atoms with E-state index in [-0.39, 0.29) is 45.7 Å². The Labute approximate surface area is 318 Å². The highest BCUT2D eigenvalue weighted by Crippen LogP contribution is 2.47. The number of rotatable bonds is 4. The highest BCUT2D eigenvalue weighted by atomic mass is 16.3. The molecule has 53 heavy (non-hydrogen) atoms. The predicted octanol–water partition coefficient (Wildman–Crippen LogP) is 14.9. The third-order valence-corrected chi connectivity index (χ3v) is 10.5. The minimum Gasteiger partial charge on any atom is -0.455 e. The van der Waals surface area contributed by atoms with Gasteiger partial charge in [-0.15, -0.1) is 0 Å². The van der Waals surface area contributed by atoms with Crippen LogP contribution in [0, 0.1) is 0 Å². The standard InChI is InChI=1S/C52H32O/c1-2-14-33(15-3-1)37-30-31-46(41-21-7-6-20-40(37)41)50-44-24-10-8-22-42(44)49(43-23-9-11-25-45(43)50)36-18-12-17-35(32-36)38-26-13-27-48-51(38)47-29-28-34-16-4-5-19-39(34)52(47)53-48/h1-32H/i8D,9D,10D,11D,22D,23D,24D,25D. The third kappa shape index (κ3) is 4.58. The summed E-state index contributed by atoms with van der Waals surface area (Å²) in [5.41, 5.74) is 6.87. The fraction of sp³-hybridized carbons (Fsp3) is 0. The van der Waals surface area contributed by atoms with Crippen LogP contribution in [-0.4, -0.2) is 0 Å². The first-order chi connectivity index (χ1) is 29.6. The van der Waals surface area contributed by atoms with E-state index >= 15 is 0 Å². The Morgan fingerprint density at radius 1 is 0.358 bits per heavy atom. The number of fused-ring (bicyclic) bond motifs is 8. The lowest BCUT2D eigenvalue weighted by Crippen LogP contribution is -1.92. The number of hydrogen-bond acceptors (Lipinski definition) is 1. The minimum atomic E-state index is -0.438. The maximum absolute atomic E-state index is 9.55. The summed E-state index contributed by atoms with van der Waals surface area (Å²) in [6, 6.07) is 44.5. The fourth-order valence-corrected chi connectivity index (χ4v) is 8.21. The van der Waals surface area contributed by atoms with Crippen LogP contribution in [0.3, 0.4) is 0 Å². The molecule has 0 aliphatic rings. The van der Waals surface area contributed by atoms with Gasteiger partial charge in [0.25, 0.3) is 0 Å². The first kappa shape index (κ1) is 22.8. The molecule has 0 bridgehead atoms. The van der Waals surface area contributed by atoms with Crippen molar-refractivity contribution in [3.05, 3.63) is 194 Å². The fourth-order valence-electron chi connectivity index (χ4n) is 8.21. The Hall–Kier alpha value is -6.96. The lowest BCUT2D eigenvalue weighted by Gasteiger charge is -2.20. The molecular weight excluding hydrogens is 641 g/mol. The summed E-state index contributed by atoms with van der Waals surface area (Å²) >= 11 is 0. The Kier molecular flexibility index (Phi) is 5.07. The van der Waals surface area contributed by atoms with E-state index in [1.165, 1.54) is 0 Å². The highest BCUT2D eigenvalue weighted by molar-refractivity contribution is 6.24. The summed E-state index contributed by atoms with van der Waals surface area (Å²) < 4.78 is 80.5. The largest absolute Gasteiger partial charge is 0.455 e. The van der Waals surface area contributed by atoms with Crippen LogP contribution in [-0.2, 0) is 0 Å². The van der Waals surface area contributed by atoms with Crippen molar-refractivity contribution in [1.29, 1.82) is 0 Å². The second kappa shape index (κ2) is 11.8. The van der Waals surface area contributed by atoms with Gasteiger partial charge in [-0.2, -0.15) is 0 Å². The molecule has 0 atom stereocenters. The second-order valence-electron chi connectivity index (χ2n) is 13.3. The zero-order valence-corrected chi connectivity index (χ0v) is 28.3. The molecule has 0 N–H and O–H groups in total. The van der Waals surface area contributed by atoms with Crippen molar-refractivity contribution >= 4 is 65.0 Å². The van der Waals surface area contributed by atoms with Gasteiger partial charge in [-0.25, -0.2) is 0 Å². The van der Waals surface area contributed by atoms with Gasteiger partial charge in [-0.3, -0.25) is 0 Å². The number of hydrogen-bond donors (Lipinski definition) is 0. The smallest absolute Gasteiger partial charge is 0.143 e. The summed E-state index contributed by atoms with van der Waals surface area (Å²) in [5.74, 6) is 0. The topological polar surface area (TPSA) is 13.1 Å². The van der Waals surface area contributed by atoms with Crippen molar-refractivity contribution in [2.24, 2.45) is 0 Å². The van der Waals surface area contributed by atoms with Crippen LogP contribution in [0.2, 0.25) is 0 Å². The van der Waals surface area contributed by atoms with E-state index in [4.69, 9.17) is 9.90 Å². The van der Waals surface area contributed by atoms with Crippen molar-refractivity contribution in [1.82, 2.24) is 0 Å². The van der Waals surface area contributed by atoms with E-state index < -0.39 is 24.2 Å². The molecule has 10 aromatic carbocycles. The van der Waals surface area contributed by atoms with Crippen LogP contribution in [0.5, 0.6) is 0 Å². The van der Waals surface area contributed by atoms with Gasteiger partial charge in [-0.1, -0.05) is 176 Å². The van der Waals surface area contributed by atoms with Gasteiger partial charge in [0.1, 0.15) is 11.2 Å². The zero-order chi connectivity index (χ0) is 41.8. The van der Waals surface area contributed by atoms with Crippen molar-refractivity contribution in [3.8, 4) is 44.5 Å². The maximum atomic E-state index is 9.55. The van der Waals surface area contributed by atoms with E-state index in [1.54, 1.807) is 0 Å². The highest BCUT2D eigenvalue weighted by Gasteiger charge is 2.20. The Morgan fingerprint density at radius 2 is 0.943 bits per heavy atom. The molecule has 1 nitrogen and oxygen atoms in total.